The zero-order chi connectivity index (χ0) is 18.1. The molecule has 0 saturated heterocycles. The molecule has 0 aliphatic rings. The Labute approximate surface area is 179 Å². The smallest absolute Gasteiger partial charge is 0.213 e. The molecule has 0 saturated carbocycles. The summed E-state index contributed by atoms with van der Waals surface area (Å²) >= 11 is 3.26. The van der Waals surface area contributed by atoms with E-state index in [1.54, 1.807) is 26.3 Å². The van der Waals surface area contributed by atoms with Crippen molar-refractivity contribution in [3.8, 4) is 5.88 Å². The molecule has 0 unspecified atom stereocenters. The molecule has 0 amide bonds. The summed E-state index contributed by atoms with van der Waals surface area (Å²) in [5, 5.41) is 6.41. The fourth-order valence-electron chi connectivity index (χ4n) is 2.27. The van der Waals surface area contributed by atoms with Crippen LogP contribution in [0.5, 0.6) is 5.88 Å². The maximum atomic E-state index is 13.8. The van der Waals surface area contributed by atoms with Crippen LogP contribution in [0.25, 0.3) is 0 Å². The topological polar surface area (TPSA) is 58.5 Å². The summed E-state index contributed by atoms with van der Waals surface area (Å²) in [6.07, 6.45) is 1.47. The van der Waals surface area contributed by atoms with Crippen LogP contribution in [0.3, 0.4) is 0 Å². The van der Waals surface area contributed by atoms with Crippen LogP contribution in [-0.4, -0.2) is 31.6 Å². The van der Waals surface area contributed by atoms with Crippen LogP contribution in [0.1, 0.15) is 17.7 Å². The lowest BCUT2D eigenvalue weighted by Crippen LogP contribution is -2.37. The molecular weight excluding hydrogens is 514 g/mol. The molecule has 1 aromatic carbocycles. The predicted molar refractivity (Wildman–Crippen MR) is 117 cm³/mol. The third-order valence-electron chi connectivity index (χ3n) is 3.58. The van der Waals surface area contributed by atoms with Crippen LogP contribution in [0.2, 0.25) is 0 Å². The van der Waals surface area contributed by atoms with Gasteiger partial charge in [-0.15, -0.1) is 24.0 Å². The van der Waals surface area contributed by atoms with E-state index in [-0.39, 0.29) is 29.8 Å². The van der Waals surface area contributed by atoms with Gasteiger partial charge in [0.25, 0.3) is 0 Å². The lowest BCUT2D eigenvalue weighted by atomic mass is 10.1. The van der Waals surface area contributed by atoms with Crippen LogP contribution < -0.4 is 15.4 Å². The van der Waals surface area contributed by atoms with Gasteiger partial charge in [-0.3, -0.25) is 4.99 Å². The summed E-state index contributed by atoms with van der Waals surface area (Å²) in [7, 11) is 3.30. The molecule has 2 rings (SSSR count). The summed E-state index contributed by atoms with van der Waals surface area (Å²) in [6, 6.07) is 10.8. The van der Waals surface area contributed by atoms with E-state index in [0.717, 1.165) is 16.6 Å². The van der Waals surface area contributed by atoms with Crippen LogP contribution in [0.4, 0.5) is 4.39 Å². The second kappa shape index (κ2) is 12.1. The van der Waals surface area contributed by atoms with E-state index in [1.165, 1.54) is 6.07 Å². The standard InChI is InChI=1S/C18H22BrFN4O.HI/c1-21-18(23-12-15-6-3-7-17(24-15)25-2)22-10-4-5-13-8-9-14(19)11-16(13)20;/h3,6-9,11H,4-5,10,12H2,1-2H3,(H2,21,22,23);1H. The third kappa shape index (κ3) is 7.45. The van der Waals surface area contributed by atoms with Crippen LogP contribution >= 0.6 is 39.9 Å². The Hall–Kier alpha value is -1.42. The normalized spacial score (nSPS) is 10.8. The Balaban J connectivity index is 0.00000338. The molecule has 1 heterocycles. The average Bonchev–Trinajstić information content (AvgIpc) is 2.62. The van der Waals surface area contributed by atoms with E-state index in [9.17, 15) is 4.39 Å². The molecule has 142 valence electrons. The van der Waals surface area contributed by atoms with E-state index >= 15 is 0 Å². The molecule has 2 aromatic rings. The van der Waals surface area contributed by atoms with Gasteiger partial charge in [-0.05, 0) is 36.6 Å². The monoisotopic (exact) mass is 536 g/mol. The number of aryl methyl sites for hydroxylation is 1. The maximum Gasteiger partial charge on any atom is 0.213 e. The molecule has 0 atom stereocenters. The second-order valence-electron chi connectivity index (χ2n) is 5.36. The van der Waals surface area contributed by atoms with Crippen molar-refractivity contribution < 1.29 is 9.13 Å². The minimum absolute atomic E-state index is 0. The quantitative estimate of drug-likeness (QED) is 0.244. The molecule has 0 radical (unpaired) electrons. The zero-order valence-electron chi connectivity index (χ0n) is 14.8. The summed E-state index contributed by atoms with van der Waals surface area (Å²) in [5.41, 5.74) is 1.58. The van der Waals surface area contributed by atoms with Gasteiger partial charge in [0.1, 0.15) is 5.82 Å². The largest absolute Gasteiger partial charge is 0.481 e. The van der Waals surface area contributed by atoms with Gasteiger partial charge in [-0.1, -0.05) is 28.1 Å². The van der Waals surface area contributed by atoms with Gasteiger partial charge < -0.3 is 15.4 Å². The van der Waals surface area contributed by atoms with Crippen molar-refractivity contribution in [2.45, 2.75) is 19.4 Å². The van der Waals surface area contributed by atoms with Crippen molar-refractivity contribution in [2.24, 2.45) is 4.99 Å². The number of hydrogen-bond acceptors (Lipinski definition) is 3. The number of hydrogen-bond donors (Lipinski definition) is 2. The second-order valence-corrected chi connectivity index (χ2v) is 6.28. The van der Waals surface area contributed by atoms with Crippen LogP contribution in [-0.2, 0) is 13.0 Å². The van der Waals surface area contributed by atoms with Crippen molar-refractivity contribution in [1.29, 1.82) is 0 Å². The Kier molecular flexibility index (Phi) is 10.5. The van der Waals surface area contributed by atoms with Crippen LogP contribution in [0.15, 0.2) is 45.9 Å². The Morgan fingerprint density at radius 1 is 1.27 bits per heavy atom. The minimum atomic E-state index is -0.180. The van der Waals surface area contributed by atoms with Gasteiger partial charge in [-0.25, -0.2) is 9.37 Å². The number of aliphatic imine (C=N–C) groups is 1. The molecule has 26 heavy (non-hydrogen) atoms. The van der Waals surface area contributed by atoms with Crippen molar-refractivity contribution in [3.63, 3.8) is 0 Å². The average molecular weight is 537 g/mol. The number of ether oxygens (including phenoxy) is 1. The van der Waals surface area contributed by atoms with E-state index < -0.39 is 0 Å². The van der Waals surface area contributed by atoms with Gasteiger partial charge in [0, 0.05) is 24.1 Å². The maximum absolute atomic E-state index is 13.8. The number of pyridine rings is 1. The lowest BCUT2D eigenvalue weighted by molar-refractivity contribution is 0.396. The van der Waals surface area contributed by atoms with Gasteiger partial charge >= 0.3 is 0 Å². The highest BCUT2D eigenvalue weighted by Gasteiger charge is 2.04. The van der Waals surface area contributed by atoms with Crippen molar-refractivity contribution in [2.75, 3.05) is 20.7 Å². The fourth-order valence-corrected chi connectivity index (χ4v) is 2.61. The number of guanidine groups is 1. The van der Waals surface area contributed by atoms with Crippen molar-refractivity contribution >= 4 is 45.9 Å². The third-order valence-corrected chi connectivity index (χ3v) is 4.07. The number of aromatic nitrogens is 1. The highest BCUT2D eigenvalue weighted by Crippen LogP contribution is 2.16. The number of benzene rings is 1. The highest BCUT2D eigenvalue weighted by atomic mass is 127. The molecule has 0 aliphatic heterocycles. The molecular formula is C18H23BrFIN4O. The number of methoxy groups -OCH3 is 1. The van der Waals surface area contributed by atoms with Crippen molar-refractivity contribution in [1.82, 2.24) is 15.6 Å². The lowest BCUT2D eigenvalue weighted by Gasteiger charge is -2.12. The SMILES string of the molecule is CN=C(NCCCc1ccc(Br)cc1F)NCc1cccc(OC)n1.I. The number of nitrogens with zero attached hydrogens (tertiary/aromatic N) is 2. The molecule has 1 aromatic heterocycles. The van der Waals surface area contributed by atoms with Gasteiger partial charge in [0.15, 0.2) is 5.96 Å². The first kappa shape index (κ1) is 22.6. The summed E-state index contributed by atoms with van der Waals surface area (Å²) in [4.78, 5) is 8.51. The molecule has 5 nitrogen and oxygen atoms in total. The van der Waals surface area contributed by atoms with Gasteiger partial charge in [-0.2, -0.15) is 0 Å². The van der Waals surface area contributed by atoms with Gasteiger partial charge in [0.05, 0.1) is 19.3 Å². The van der Waals surface area contributed by atoms with E-state index in [1.807, 2.05) is 18.2 Å². The Bertz CT molecular complexity index is 730. The fraction of sp³-hybridized carbons (Fsp3) is 0.333. The zero-order valence-corrected chi connectivity index (χ0v) is 18.7. The molecule has 0 spiro atoms. The van der Waals surface area contributed by atoms with E-state index in [2.05, 4.69) is 36.5 Å². The molecule has 8 heteroatoms. The first-order chi connectivity index (χ1) is 12.1. The first-order valence-electron chi connectivity index (χ1n) is 8.00. The molecule has 0 aliphatic carbocycles. The van der Waals surface area contributed by atoms with E-state index in [4.69, 9.17) is 4.74 Å². The van der Waals surface area contributed by atoms with Gasteiger partial charge in [0.2, 0.25) is 5.88 Å². The molecule has 2 N–H and O–H groups in total. The van der Waals surface area contributed by atoms with Crippen LogP contribution in [0, 0.1) is 5.82 Å². The highest BCUT2D eigenvalue weighted by molar-refractivity contribution is 14.0. The van der Waals surface area contributed by atoms with E-state index in [0.29, 0.717) is 36.9 Å². The Morgan fingerprint density at radius 3 is 2.77 bits per heavy atom. The number of rotatable bonds is 7. The number of halogens is 3. The van der Waals surface area contributed by atoms with Crippen molar-refractivity contribution in [3.05, 3.63) is 57.9 Å². The Morgan fingerprint density at radius 2 is 2.08 bits per heavy atom. The number of nitrogens with one attached hydrogen (secondary N) is 2. The minimum Gasteiger partial charge on any atom is -0.481 e. The molecule has 0 fully saturated rings. The molecule has 0 bridgehead atoms. The summed E-state index contributed by atoms with van der Waals surface area (Å²) < 4.78 is 19.6. The summed E-state index contributed by atoms with van der Waals surface area (Å²) in [6.45, 7) is 1.24. The summed E-state index contributed by atoms with van der Waals surface area (Å²) in [5.74, 6) is 1.08. The first-order valence-corrected chi connectivity index (χ1v) is 8.80. The predicted octanol–water partition coefficient (Wildman–Crippen LogP) is 3.91.